The molecule has 1 aromatic carbocycles. The van der Waals surface area contributed by atoms with Gasteiger partial charge in [-0.15, -0.1) is 11.3 Å². The maximum Gasteiger partial charge on any atom is 0.316 e. The number of aromatic nitrogens is 1. The standard InChI is InChI=1S/C13H13N3O2S/c1-2-16(10-6-4-3-5-7-10)12(18)11(17)15-13-14-8-9-19-13/h3-9H,2H2,1H3,(H,14,15,17). The molecule has 0 aliphatic heterocycles. The molecule has 5 nitrogen and oxygen atoms in total. The molecule has 2 aromatic rings. The topological polar surface area (TPSA) is 62.3 Å². The third kappa shape index (κ3) is 3.17. The van der Waals surface area contributed by atoms with Crippen molar-refractivity contribution in [3.05, 3.63) is 41.9 Å². The fourth-order valence-corrected chi connectivity index (χ4v) is 2.13. The molecule has 0 saturated heterocycles. The van der Waals surface area contributed by atoms with Crippen molar-refractivity contribution in [2.75, 3.05) is 16.8 Å². The van der Waals surface area contributed by atoms with Gasteiger partial charge in [-0.1, -0.05) is 18.2 Å². The lowest BCUT2D eigenvalue weighted by molar-refractivity contribution is -0.134. The second-order valence-electron chi connectivity index (χ2n) is 3.68. The molecule has 98 valence electrons. The van der Waals surface area contributed by atoms with Crippen LogP contribution in [0.5, 0.6) is 0 Å². The zero-order valence-electron chi connectivity index (χ0n) is 10.4. The Morgan fingerprint density at radius 1 is 1.32 bits per heavy atom. The molecular weight excluding hydrogens is 262 g/mol. The van der Waals surface area contributed by atoms with E-state index in [2.05, 4.69) is 10.3 Å². The van der Waals surface area contributed by atoms with E-state index in [9.17, 15) is 9.59 Å². The lowest BCUT2D eigenvalue weighted by atomic mass is 10.3. The number of hydrogen-bond acceptors (Lipinski definition) is 4. The van der Waals surface area contributed by atoms with Crippen molar-refractivity contribution in [2.45, 2.75) is 6.92 Å². The molecule has 0 aliphatic carbocycles. The van der Waals surface area contributed by atoms with Crippen LogP contribution >= 0.6 is 11.3 Å². The highest BCUT2D eigenvalue weighted by Gasteiger charge is 2.22. The zero-order chi connectivity index (χ0) is 13.7. The van der Waals surface area contributed by atoms with Crippen LogP contribution in [0.1, 0.15) is 6.92 Å². The van der Waals surface area contributed by atoms with Gasteiger partial charge >= 0.3 is 11.8 Å². The Morgan fingerprint density at radius 2 is 2.05 bits per heavy atom. The molecule has 0 spiro atoms. The van der Waals surface area contributed by atoms with Gasteiger partial charge in [-0.05, 0) is 19.1 Å². The van der Waals surface area contributed by atoms with E-state index in [-0.39, 0.29) is 0 Å². The molecule has 1 heterocycles. The third-order valence-corrected chi connectivity index (χ3v) is 3.16. The van der Waals surface area contributed by atoms with Gasteiger partial charge in [0.1, 0.15) is 0 Å². The molecule has 0 bridgehead atoms. The van der Waals surface area contributed by atoms with Gasteiger partial charge in [0.15, 0.2) is 5.13 Å². The first kappa shape index (κ1) is 13.2. The van der Waals surface area contributed by atoms with Crippen LogP contribution in [0.3, 0.4) is 0 Å². The Morgan fingerprint density at radius 3 is 2.63 bits per heavy atom. The molecule has 0 aliphatic rings. The summed E-state index contributed by atoms with van der Waals surface area (Å²) >= 11 is 1.27. The molecule has 2 rings (SSSR count). The number of likely N-dealkylation sites (N-methyl/N-ethyl adjacent to an activating group) is 1. The van der Waals surface area contributed by atoms with E-state index in [1.165, 1.54) is 16.2 Å². The summed E-state index contributed by atoms with van der Waals surface area (Å²) in [5, 5.41) is 4.63. The zero-order valence-corrected chi connectivity index (χ0v) is 11.2. The van der Waals surface area contributed by atoms with E-state index in [4.69, 9.17) is 0 Å². The van der Waals surface area contributed by atoms with Crippen molar-refractivity contribution in [1.29, 1.82) is 0 Å². The molecule has 1 N–H and O–H groups in total. The number of benzene rings is 1. The number of nitrogens with one attached hydrogen (secondary N) is 1. The summed E-state index contributed by atoms with van der Waals surface area (Å²) in [5.41, 5.74) is 0.698. The summed E-state index contributed by atoms with van der Waals surface area (Å²) in [6.07, 6.45) is 1.57. The second kappa shape index (κ2) is 6.10. The number of thiazole rings is 1. The van der Waals surface area contributed by atoms with E-state index in [0.717, 1.165) is 0 Å². The van der Waals surface area contributed by atoms with Gasteiger partial charge in [-0.25, -0.2) is 4.98 Å². The average molecular weight is 275 g/mol. The number of amides is 2. The summed E-state index contributed by atoms with van der Waals surface area (Å²) in [6.45, 7) is 2.25. The lowest BCUT2D eigenvalue weighted by Gasteiger charge is -2.19. The Balaban J connectivity index is 2.11. The van der Waals surface area contributed by atoms with Gasteiger partial charge in [0.05, 0.1) is 0 Å². The van der Waals surface area contributed by atoms with Gasteiger partial charge in [0.25, 0.3) is 0 Å². The largest absolute Gasteiger partial charge is 0.316 e. The number of nitrogens with zero attached hydrogens (tertiary/aromatic N) is 2. The van der Waals surface area contributed by atoms with E-state index >= 15 is 0 Å². The summed E-state index contributed by atoms with van der Waals surface area (Å²) in [4.78, 5) is 29.3. The van der Waals surface area contributed by atoms with Gasteiger partial charge < -0.3 is 4.90 Å². The number of carbonyl (C=O) groups is 2. The molecule has 19 heavy (non-hydrogen) atoms. The number of hydrogen-bond donors (Lipinski definition) is 1. The smallest absolute Gasteiger partial charge is 0.304 e. The monoisotopic (exact) mass is 275 g/mol. The van der Waals surface area contributed by atoms with Crippen LogP contribution in [0.4, 0.5) is 10.8 Å². The lowest BCUT2D eigenvalue weighted by Crippen LogP contribution is -2.39. The highest BCUT2D eigenvalue weighted by molar-refractivity contribution is 7.13. The molecule has 0 saturated carbocycles. The van der Waals surface area contributed by atoms with Crippen LogP contribution in [0.2, 0.25) is 0 Å². The number of rotatable bonds is 3. The normalized spacial score (nSPS) is 9.95. The van der Waals surface area contributed by atoms with Gasteiger partial charge in [0, 0.05) is 23.8 Å². The quantitative estimate of drug-likeness (QED) is 0.873. The molecule has 1 aromatic heterocycles. The minimum atomic E-state index is -0.680. The summed E-state index contributed by atoms with van der Waals surface area (Å²) in [6, 6.07) is 9.08. The molecule has 0 unspecified atom stereocenters. The fraction of sp³-hybridized carbons (Fsp3) is 0.154. The average Bonchev–Trinajstić information content (AvgIpc) is 2.93. The Hall–Kier alpha value is -2.21. The van der Waals surface area contributed by atoms with Crippen LogP contribution < -0.4 is 10.2 Å². The molecule has 0 radical (unpaired) electrons. The van der Waals surface area contributed by atoms with Crippen LogP contribution in [-0.4, -0.2) is 23.3 Å². The summed E-state index contributed by atoms with van der Waals surface area (Å²) < 4.78 is 0. The first-order valence-corrected chi connectivity index (χ1v) is 6.67. The minimum absolute atomic E-state index is 0.419. The highest BCUT2D eigenvalue weighted by atomic mass is 32.1. The SMILES string of the molecule is CCN(C(=O)C(=O)Nc1nccs1)c1ccccc1. The van der Waals surface area contributed by atoms with Crippen LogP contribution in [0.15, 0.2) is 41.9 Å². The van der Waals surface area contributed by atoms with Gasteiger partial charge in [0.2, 0.25) is 0 Å². The number of carbonyl (C=O) groups excluding carboxylic acids is 2. The first-order chi connectivity index (χ1) is 9.22. The Labute approximate surface area is 114 Å². The molecular formula is C13H13N3O2S. The predicted octanol–water partition coefficient (Wildman–Crippen LogP) is 2.13. The first-order valence-electron chi connectivity index (χ1n) is 5.79. The fourth-order valence-electron chi connectivity index (χ4n) is 1.61. The van der Waals surface area contributed by atoms with E-state index in [1.54, 1.807) is 23.7 Å². The Bertz CT molecular complexity index is 555. The van der Waals surface area contributed by atoms with Gasteiger partial charge in [-0.2, -0.15) is 0 Å². The van der Waals surface area contributed by atoms with Gasteiger partial charge in [-0.3, -0.25) is 14.9 Å². The second-order valence-corrected chi connectivity index (χ2v) is 4.57. The van der Waals surface area contributed by atoms with Crippen molar-refractivity contribution < 1.29 is 9.59 Å². The predicted molar refractivity (Wildman–Crippen MR) is 75.2 cm³/mol. The Kier molecular flexibility index (Phi) is 4.25. The molecule has 6 heteroatoms. The minimum Gasteiger partial charge on any atom is -0.304 e. The molecule has 0 fully saturated rings. The van der Waals surface area contributed by atoms with Crippen molar-refractivity contribution >= 4 is 34.0 Å². The van der Waals surface area contributed by atoms with Crippen LogP contribution in [0.25, 0.3) is 0 Å². The summed E-state index contributed by atoms with van der Waals surface area (Å²) in [7, 11) is 0. The van der Waals surface area contributed by atoms with E-state index in [1.807, 2.05) is 25.1 Å². The number of para-hydroxylation sites is 1. The van der Waals surface area contributed by atoms with Crippen molar-refractivity contribution in [3.8, 4) is 0 Å². The highest BCUT2D eigenvalue weighted by Crippen LogP contribution is 2.15. The molecule has 0 atom stereocenters. The third-order valence-electron chi connectivity index (χ3n) is 2.48. The van der Waals surface area contributed by atoms with Crippen LogP contribution in [0, 0.1) is 0 Å². The number of anilines is 2. The van der Waals surface area contributed by atoms with Crippen molar-refractivity contribution in [3.63, 3.8) is 0 Å². The van der Waals surface area contributed by atoms with E-state index in [0.29, 0.717) is 17.4 Å². The molecule has 2 amide bonds. The maximum atomic E-state index is 12.1. The van der Waals surface area contributed by atoms with Crippen LogP contribution in [-0.2, 0) is 9.59 Å². The van der Waals surface area contributed by atoms with E-state index < -0.39 is 11.8 Å². The van der Waals surface area contributed by atoms with Crippen molar-refractivity contribution in [2.24, 2.45) is 0 Å². The maximum absolute atomic E-state index is 12.1. The van der Waals surface area contributed by atoms with Crippen molar-refractivity contribution in [1.82, 2.24) is 4.98 Å². The summed E-state index contributed by atoms with van der Waals surface area (Å²) in [5.74, 6) is -1.27.